The quantitative estimate of drug-likeness (QED) is 0.150. The average Bonchev–Trinajstić information content (AvgIpc) is 3.31. The second kappa shape index (κ2) is 14.1. The van der Waals surface area contributed by atoms with Gasteiger partial charge in [-0.3, -0.25) is 0 Å². The van der Waals surface area contributed by atoms with E-state index in [4.69, 9.17) is 0 Å². The Labute approximate surface area is 342 Å². The van der Waals surface area contributed by atoms with E-state index < -0.39 is 8.07 Å². The SMILES string of the molecule is c1ccc(N(c2ccccc2)c2cccc(-c3ccc4c(c3)B3c5ccccc5[Si](c5ccccc5)(c5ccccc5)c5cccc(c53)N4c3ccccc3)c2)cc1. The first kappa shape index (κ1) is 34.1. The van der Waals surface area contributed by atoms with E-state index in [0.717, 1.165) is 22.7 Å². The number of hydrogen-bond acceptors (Lipinski definition) is 2. The van der Waals surface area contributed by atoms with E-state index in [1.54, 1.807) is 0 Å². The molecule has 11 rings (SSSR count). The van der Waals surface area contributed by atoms with Crippen molar-refractivity contribution >= 4 is 86.0 Å². The molecule has 0 unspecified atom stereocenters. The average molecular weight is 755 g/mol. The van der Waals surface area contributed by atoms with Gasteiger partial charge in [0.15, 0.2) is 8.07 Å². The van der Waals surface area contributed by atoms with Crippen LogP contribution in [0, 0.1) is 0 Å². The van der Waals surface area contributed by atoms with Gasteiger partial charge in [-0.2, -0.15) is 0 Å². The fourth-order valence-corrected chi connectivity index (χ4v) is 15.1. The van der Waals surface area contributed by atoms with Gasteiger partial charge in [-0.25, -0.2) is 0 Å². The molecular formula is C54H39BN2Si. The molecule has 0 aromatic heterocycles. The molecule has 58 heavy (non-hydrogen) atoms. The highest BCUT2D eigenvalue weighted by molar-refractivity contribution is 7.26. The summed E-state index contributed by atoms with van der Waals surface area (Å²) in [6.07, 6.45) is 0. The van der Waals surface area contributed by atoms with Crippen molar-refractivity contribution in [2.45, 2.75) is 0 Å². The minimum atomic E-state index is -2.78. The summed E-state index contributed by atoms with van der Waals surface area (Å²) < 4.78 is 0. The van der Waals surface area contributed by atoms with Crippen LogP contribution in [0.3, 0.4) is 0 Å². The van der Waals surface area contributed by atoms with Crippen molar-refractivity contribution in [1.82, 2.24) is 0 Å². The molecular weight excluding hydrogens is 716 g/mol. The second-order valence-corrected chi connectivity index (χ2v) is 19.0. The van der Waals surface area contributed by atoms with Gasteiger partial charge in [0.2, 0.25) is 6.71 Å². The molecule has 0 saturated heterocycles. The third-order valence-corrected chi connectivity index (χ3v) is 17.1. The fourth-order valence-electron chi connectivity index (χ4n) is 9.84. The van der Waals surface area contributed by atoms with Crippen molar-refractivity contribution < 1.29 is 0 Å². The van der Waals surface area contributed by atoms with E-state index in [-0.39, 0.29) is 6.71 Å². The molecule has 0 spiro atoms. The number of benzene rings is 9. The van der Waals surface area contributed by atoms with E-state index in [0.29, 0.717) is 0 Å². The summed E-state index contributed by atoms with van der Waals surface area (Å²) in [5.41, 5.74) is 13.6. The van der Waals surface area contributed by atoms with E-state index >= 15 is 0 Å². The molecule has 0 amide bonds. The Morgan fingerprint density at radius 3 is 1.53 bits per heavy atom. The van der Waals surface area contributed by atoms with Gasteiger partial charge in [0.05, 0.1) is 0 Å². The maximum atomic E-state index is 2.51. The summed E-state index contributed by atoms with van der Waals surface area (Å²) in [7, 11) is -2.78. The number of nitrogens with zero attached hydrogens (tertiary/aromatic N) is 2. The van der Waals surface area contributed by atoms with Gasteiger partial charge in [-0.1, -0.05) is 181 Å². The first-order valence-electron chi connectivity index (χ1n) is 20.1. The summed E-state index contributed by atoms with van der Waals surface area (Å²) in [4.78, 5) is 4.86. The normalized spacial score (nSPS) is 13.2. The third-order valence-electron chi connectivity index (χ3n) is 12.2. The lowest BCUT2D eigenvalue weighted by Crippen LogP contribution is -2.87. The van der Waals surface area contributed by atoms with E-state index in [1.807, 2.05) is 0 Å². The van der Waals surface area contributed by atoms with Crippen LogP contribution < -0.4 is 46.9 Å². The third kappa shape index (κ3) is 5.33. The fraction of sp³-hybridized carbons (Fsp3) is 0. The minimum Gasteiger partial charge on any atom is -0.312 e. The maximum Gasteiger partial charge on any atom is 0.246 e. The largest absolute Gasteiger partial charge is 0.312 e. The van der Waals surface area contributed by atoms with Crippen LogP contribution in [0.5, 0.6) is 0 Å². The summed E-state index contributed by atoms with van der Waals surface area (Å²) in [6, 6.07) is 87.6. The van der Waals surface area contributed by atoms with Gasteiger partial charge in [-0.05, 0) is 103 Å². The number of para-hydroxylation sites is 3. The molecule has 0 atom stereocenters. The standard InChI is InChI=1S/C54H39BN2Si/c1-6-21-42(22-7-1)56(43-23-8-2-9-24-43)45-27-18-20-40(38-45)41-36-37-50-49(39-41)55-48-32-16-17-34-52(48)58(46-28-12-4-13-29-46,47-30-14-5-15-31-47)53-35-19-33-51(54(53)55)57(50)44-25-10-3-11-26-44/h1-39H. The van der Waals surface area contributed by atoms with Crippen molar-refractivity contribution in [3.8, 4) is 11.1 Å². The molecule has 9 aromatic rings. The van der Waals surface area contributed by atoms with Crippen molar-refractivity contribution in [3.63, 3.8) is 0 Å². The number of anilines is 6. The van der Waals surface area contributed by atoms with Gasteiger partial charge in [0.25, 0.3) is 0 Å². The van der Waals surface area contributed by atoms with Crippen molar-refractivity contribution in [2.75, 3.05) is 9.80 Å². The minimum absolute atomic E-state index is 0.0543. The second-order valence-electron chi connectivity index (χ2n) is 15.2. The molecule has 0 aliphatic carbocycles. The molecule has 2 aliphatic heterocycles. The van der Waals surface area contributed by atoms with Crippen LogP contribution in [0.1, 0.15) is 0 Å². The molecule has 0 saturated carbocycles. The number of fused-ring (bicyclic) bond motifs is 4. The number of rotatable bonds is 7. The van der Waals surface area contributed by atoms with Crippen molar-refractivity contribution in [1.29, 1.82) is 0 Å². The molecule has 2 heterocycles. The molecule has 272 valence electrons. The van der Waals surface area contributed by atoms with Crippen molar-refractivity contribution in [3.05, 3.63) is 237 Å². The molecule has 0 N–H and O–H groups in total. The van der Waals surface area contributed by atoms with E-state index in [9.17, 15) is 0 Å². The van der Waals surface area contributed by atoms with Crippen LogP contribution in [0.25, 0.3) is 11.1 Å². The van der Waals surface area contributed by atoms with Crippen LogP contribution in [-0.4, -0.2) is 14.8 Å². The Morgan fingerprint density at radius 2 is 0.879 bits per heavy atom. The Balaban J connectivity index is 1.16. The van der Waals surface area contributed by atoms with Gasteiger partial charge in [-0.15, -0.1) is 0 Å². The zero-order valence-electron chi connectivity index (χ0n) is 32.0. The van der Waals surface area contributed by atoms with Crippen LogP contribution in [0.4, 0.5) is 34.1 Å². The monoisotopic (exact) mass is 754 g/mol. The zero-order valence-corrected chi connectivity index (χ0v) is 33.0. The first-order valence-corrected chi connectivity index (χ1v) is 22.1. The Hall–Kier alpha value is -7.14. The summed E-state index contributed by atoms with van der Waals surface area (Å²) in [5.74, 6) is 0. The highest BCUT2D eigenvalue weighted by atomic mass is 28.3. The van der Waals surface area contributed by atoms with Crippen LogP contribution in [0.2, 0.25) is 0 Å². The molecule has 0 bridgehead atoms. The molecule has 4 heteroatoms. The smallest absolute Gasteiger partial charge is 0.246 e. The zero-order chi connectivity index (χ0) is 38.5. The number of hydrogen-bond donors (Lipinski definition) is 0. The Morgan fingerprint density at radius 1 is 0.362 bits per heavy atom. The van der Waals surface area contributed by atoms with Crippen LogP contribution in [0.15, 0.2) is 237 Å². The molecule has 0 fully saturated rings. The molecule has 2 nitrogen and oxygen atoms in total. The Bertz CT molecular complexity index is 2820. The predicted molar refractivity (Wildman–Crippen MR) is 250 cm³/mol. The topological polar surface area (TPSA) is 6.48 Å². The van der Waals surface area contributed by atoms with Gasteiger partial charge >= 0.3 is 0 Å². The molecule has 9 aromatic carbocycles. The van der Waals surface area contributed by atoms with Crippen molar-refractivity contribution in [2.24, 2.45) is 0 Å². The molecule has 2 aliphatic rings. The van der Waals surface area contributed by atoms with E-state index in [2.05, 4.69) is 246 Å². The van der Waals surface area contributed by atoms with Gasteiger partial charge < -0.3 is 9.80 Å². The summed E-state index contributed by atoms with van der Waals surface area (Å²) in [6.45, 7) is 0.0543. The summed E-state index contributed by atoms with van der Waals surface area (Å²) >= 11 is 0. The van der Waals surface area contributed by atoms with Gasteiger partial charge in [0, 0.05) is 34.1 Å². The maximum absolute atomic E-state index is 2.78. The first-order chi connectivity index (χ1) is 28.8. The summed E-state index contributed by atoms with van der Waals surface area (Å²) in [5, 5.41) is 5.75. The molecule has 0 radical (unpaired) electrons. The van der Waals surface area contributed by atoms with Crippen LogP contribution in [-0.2, 0) is 0 Å². The van der Waals surface area contributed by atoms with E-state index in [1.165, 1.54) is 59.6 Å². The lowest BCUT2D eigenvalue weighted by molar-refractivity contribution is 1.28. The Kier molecular flexibility index (Phi) is 8.30. The lowest BCUT2D eigenvalue weighted by atomic mass is 9.34. The highest BCUT2D eigenvalue weighted by Gasteiger charge is 2.52. The highest BCUT2D eigenvalue weighted by Crippen LogP contribution is 2.39. The van der Waals surface area contributed by atoms with Crippen LogP contribution >= 0.6 is 0 Å². The lowest BCUT2D eigenvalue weighted by Gasteiger charge is -2.47. The van der Waals surface area contributed by atoms with Gasteiger partial charge in [0.1, 0.15) is 0 Å². The predicted octanol–water partition coefficient (Wildman–Crippen LogP) is 8.81.